The van der Waals surface area contributed by atoms with Crippen LogP contribution in [0.25, 0.3) is 21.5 Å². The maximum atomic E-state index is 13.1. The van der Waals surface area contributed by atoms with Crippen LogP contribution in [0.2, 0.25) is 0 Å². The molecule has 0 N–H and O–H groups in total. The maximum Gasteiger partial charge on any atom is 0.203 e. The van der Waals surface area contributed by atoms with E-state index in [0.717, 1.165) is 21.9 Å². The van der Waals surface area contributed by atoms with Crippen LogP contribution in [0.3, 0.4) is 0 Å². The summed E-state index contributed by atoms with van der Waals surface area (Å²) in [6, 6.07) is 18.2. The molecule has 0 bridgehead atoms. The van der Waals surface area contributed by atoms with Gasteiger partial charge >= 0.3 is 0 Å². The van der Waals surface area contributed by atoms with Gasteiger partial charge in [0.15, 0.2) is 5.76 Å². The highest BCUT2D eigenvalue weighted by molar-refractivity contribution is 6.12. The lowest BCUT2D eigenvalue weighted by Crippen LogP contribution is -2.37. The van der Waals surface area contributed by atoms with Crippen molar-refractivity contribution in [2.75, 3.05) is 14.2 Å². The Kier molecular flexibility index (Phi) is 4.36. The first kappa shape index (κ1) is 18.0. The molecule has 3 aromatic carbocycles. The molecule has 2 unspecified atom stereocenters. The van der Waals surface area contributed by atoms with Crippen molar-refractivity contribution in [3.8, 4) is 5.75 Å². The van der Waals surface area contributed by atoms with Gasteiger partial charge < -0.3 is 13.9 Å². The first-order valence-corrected chi connectivity index (χ1v) is 9.82. The molecule has 4 aromatic rings. The number of fused-ring (bicyclic) bond motifs is 5. The van der Waals surface area contributed by atoms with Gasteiger partial charge in [-0.05, 0) is 58.3 Å². The van der Waals surface area contributed by atoms with E-state index in [9.17, 15) is 4.79 Å². The van der Waals surface area contributed by atoms with E-state index in [-0.39, 0.29) is 17.8 Å². The number of hydrogen-bond donors (Lipinski definition) is 0. The second-order valence-electron chi connectivity index (χ2n) is 7.56. The highest BCUT2D eigenvalue weighted by atomic mass is 16.5. The van der Waals surface area contributed by atoms with Crippen LogP contribution >= 0.6 is 0 Å². The molecule has 1 aliphatic carbocycles. The van der Waals surface area contributed by atoms with E-state index in [4.69, 9.17) is 13.9 Å². The molecule has 0 amide bonds. The van der Waals surface area contributed by atoms with E-state index in [1.165, 1.54) is 22.8 Å². The number of rotatable bonds is 4. The lowest BCUT2D eigenvalue weighted by atomic mass is 9.76. The molecule has 2 atom stereocenters. The Morgan fingerprint density at radius 3 is 2.62 bits per heavy atom. The fourth-order valence-electron chi connectivity index (χ4n) is 4.68. The smallest absolute Gasteiger partial charge is 0.203 e. The Bertz CT molecular complexity index is 1210. The van der Waals surface area contributed by atoms with Crippen LogP contribution in [0.5, 0.6) is 5.75 Å². The zero-order valence-electron chi connectivity index (χ0n) is 16.5. The van der Waals surface area contributed by atoms with Crippen LogP contribution in [0.4, 0.5) is 0 Å². The predicted molar refractivity (Wildman–Crippen MR) is 113 cm³/mol. The average Bonchev–Trinajstić information content (AvgIpc) is 3.31. The molecular weight excluding hydrogens is 364 g/mol. The largest absolute Gasteiger partial charge is 0.496 e. The van der Waals surface area contributed by atoms with Gasteiger partial charge in [-0.15, -0.1) is 0 Å². The standard InChI is InChI=1S/C25H22O4/c1-27-22-12-16-9-10-18-17-7-4-3-6-15(17)13-23(28-2)24(18)19(16)14-20(22)25(26)21-8-5-11-29-21/h3-11,13,20,22H,12,14H2,1-2H3. The third-order valence-electron chi connectivity index (χ3n) is 6.11. The fourth-order valence-corrected chi connectivity index (χ4v) is 4.68. The second-order valence-corrected chi connectivity index (χ2v) is 7.56. The van der Waals surface area contributed by atoms with Crippen molar-refractivity contribution in [2.24, 2.45) is 5.92 Å². The van der Waals surface area contributed by atoms with Crippen molar-refractivity contribution in [3.05, 3.63) is 77.7 Å². The van der Waals surface area contributed by atoms with E-state index in [0.29, 0.717) is 18.6 Å². The van der Waals surface area contributed by atoms with Gasteiger partial charge in [-0.25, -0.2) is 0 Å². The Labute approximate surface area is 169 Å². The number of carbonyl (C=O) groups is 1. The van der Waals surface area contributed by atoms with E-state index < -0.39 is 0 Å². The fraction of sp³-hybridized carbons (Fsp3) is 0.240. The summed E-state index contributed by atoms with van der Waals surface area (Å²) in [5, 5.41) is 4.58. The summed E-state index contributed by atoms with van der Waals surface area (Å²) in [6.45, 7) is 0. The van der Waals surface area contributed by atoms with Gasteiger partial charge in [0.25, 0.3) is 0 Å². The Morgan fingerprint density at radius 2 is 1.86 bits per heavy atom. The molecule has 5 rings (SSSR count). The van der Waals surface area contributed by atoms with Crippen LogP contribution in [-0.2, 0) is 17.6 Å². The molecule has 0 saturated carbocycles. The summed E-state index contributed by atoms with van der Waals surface area (Å²) >= 11 is 0. The highest BCUT2D eigenvalue weighted by Gasteiger charge is 2.36. The van der Waals surface area contributed by atoms with Gasteiger partial charge in [0.1, 0.15) is 5.75 Å². The summed E-state index contributed by atoms with van der Waals surface area (Å²) in [7, 11) is 3.38. The molecule has 146 valence electrons. The highest BCUT2D eigenvalue weighted by Crippen LogP contribution is 2.41. The Morgan fingerprint density at radius 1 is 1.00 bits per heavy atom. The van der Waals surface area contributed by atoms with Crippen molar-refractivity contribution in [1.29, 1.82) is 0 Å². The number of ketones is 1. The summed E-state index contributed by atoms with van der Waals surface area (Å²) in [4.78, 5) is 13.1. The number of benzene rings is 3. The summed E-state index contributed by atoms with van der Waals surface area (Å²) in [6.07, 6.45) is 2.65. The van der Waals surface area contributed by atoms with Crippen LogP contribution in [-0.4, -0.2) is 26.1 Å². The molecule has 1 aromatic heterocycles. The number of ether oxygens (including phenoxy) is 2. The van der Waals surface area contributed by atoms with Gasteiger partial charge in [0, 0.05) is 12.5 Å². The molecule has 1 aliphatic rings. The van der Waals surface area contributed by atoms with Crippen molar-refractivity contribution in [1.82, 2.24) is 0 Å². The lowest BCUT2D eigenvalue weighted by Gasteiger charge is -2.32. The Hall–Kier alpha value is -3.11. The van der Waals surface area contributed by atoms with Crippen LogP contribution in [0.15, 0.2) is 65.3 Å². The minimum atomic E-state index is -0.291. The first-order chi connectivity index (χ1) is 14.2. The molecule has 4 nitrogen and oxygen atoms in total. The van der Waals surface area contributed by atoms with Gasteiger partial charge in [-0.2, -0.15) is 0 Å². The van der Waals surface area contributed by atoms with Crippen LogP contribution in [0.1, 0.15) is 21.7 Å². The van der Waals surface area contributed by atoms with Crippen molar-refractivity contribution in [2.45, 2.75) is 18.9 Å². The molecular formula is C25H22O4. The van der Waals surface area contributed by atoms with E-state index >= 15 is 0 Å². The van der Waals surface area contributed by atoms with Gasteiger partial charge in [-0.1, -0.05) is 36.4 Å². The number of hydrogen-bond acceptors (Lipinski definition) is 4. The third kappa shape index (κ3) is 2.83. The maximum absolute atomic E-state index is 13.1. The second kappa shape index (κ2) is 7.05. The molecule has 0 fully saturated rings. The average molecular weight is 386 g/mol. The minimum Gasteiger partial charge on any atom is -0.496 e. The summed E-state index contributed by atoms with van der Waals surface area (Å²) < 4.78 is 16.9. The molecule has 0 radical (unpaired) electrons. The molecule has 1 heterocycles. The molecule has 0 saturated heterocycles. The van der Waals surface area contributed by atoms with Crippen molar-refractivity contribution < 1.29 is 18.7 Å². The van der Waals surface area contributed by atoms with Gasteiger partial charge in [0.2, 0.25) is 5.78 Å². The number of Topliss-reactive ketones (excluding diaryl/α,β-unsaturated/α-hetero) is 1. The molecule has 0 aliphatic heterocycles. The lowest BCUT2D eigenvalue weighted by molar-refractivity contribution is 0.0385. The number of furan rings is 1. The molecule has 29 heavy (non-hydrogen) atoms. The van der Waals surface area contributed by atoms with Gasteiger partial charge in [-0.3, -0.25) is 4.79 Å². The van der Waals surface area contributed by atoms with Crippen molar-refractivity contribution in [3.63, 3.8) is 0 Å². The van der Waals surface area contributed by atoms with Crippen molar-refractivity contribution >= 4 is 27.3 Å². The van der Waals surface area contributed by atoms with Crippen LogP contribution in [0, 0.1) is 5.92 Å². The topological polar surface area (TPSA) is 48.7 Å². The summed E-state index contributed by atoms with van der Waals surface area (Å²) in [5.74, 6) is 0.929. The monoisotopic (exact) mass is 386 g/mol. The molecule has 0 spiro atoms. The number of methoxy groups -OCH3 is 2. The predicted octanol–water partition coefficient (Wildman–Crippen LogP) is 5.21. The first-order valence-electron chi connectivity index (χ1n) is 9.82. The van der Waals surface area contributed by atoms with E-state index in [1.807, 2.05) is 6.07 Å². The normalized spacial score (nSPS) is 18.7. The quantitative estimate of drug-likeness (QED) is 0.357. The van der Waals surface area contributed by atoms with E-state index in [1.54, 1.807) is 26.4 Å². The Balaban J connectivity index is 1.72. The summed E-state index contributed by atoms with van der Waals surface area (Å²) in [5.41, 5.74) is 2.38. The SMILES string of the molecule is COc1cc2ccccc2c2ccc3c(c12)CC(C(=O)c1ccco1)C(OC)C3. The third-order valence-corrected chi connectivity index (χ3v) is 6.11. The zero-order valence-corrected chi connectivity index (χ0v) is 16.5. The number of carbonyl (C=O) groups excluding carboxylic acids is 1. The van der Waals surface area contributed by atoms with Crippen LogP contribution < -0.4 is 4.74 Å². The molecule has 4 heteroatoms. The van der Waals surface area contributed by atoms with Gasteiger partial charge in [0.05, 0.1) is 25.4 Å². The zero-order chi connectivity index (χ0) is 20.0. The minimum absolute atomic E-state index is 0.00995. The van der Waals surface area contributed by atoms with E-state index in [2.05, 4.69) is 36.4 Å².